The molecule has 10 rings (SSSR count). The van der Waals surface area contributed by atoms with Crippen LogP contribution in [0.15, 0.2) is 181 Å². The highest BCUT2D eigenvalue weighted by Gasteiger charge is 2.21. The smallest absolute Gasteiger partial charge is 0.208 e. The first-order chi connectivity index (χ1) is 24.8. The molecule has 50 heavy (non-hydrogen) atoms. The van der Waals surface area contributed by atoms with Gasteiger partial charge in [0.15, 0.2) is 0 Å². The Morgan fingerprint density at radius 1 is 0.500 bits per heavy atom. The van der Waals surface area contributed by atoms with E-state index in [4.69, 9.17) is 4.99 Å². The Balaban J connectivity index is 1.01. The molecular weight excluding hydrogens is 627 g/mol. The summed E-state index contributed by atoms with van der Waals surface area (Å²) >= 11 is 1.88. The van der Waals surface area contributed by atoms with Gasteiger partial charge in [-0.15, -0.1) is 11.3 Å². The quantitative estimate of drug-likeness (QED) is 0.200. The normalized spacial score (nSPS) is 14.4. The Kier molecular flexibility index (Phi) is 6.74. The maximum absolute atomic E-state index is 4.90. The number of para-hydroxylation sites is 1. The van der Waals surface area contributed by atoms with Gasteiger partial charge in [-0.3, -0.25) is 4.57 Å². The molecule has 3 nitrogen and oxygen atoms in total. The van der Waals surface area contributed by atoms with Crippen LogP contribution < -0.4 is 5.32 Å². The van der Waals surface area contributed by atoms with Crippen LogP contribution in [-0.2, 0) is 0 Å². The second-order valence-corrected chi connectivity index (χ2v) is 13.9. The molecule has 0 bridgehead atoms. The zero-order valence-electron chi connectivity index (χ0n) is 27.1. The number of aliphatic imine (C=N–C) groups is 1. The number of aromatic nitrogens is 1. The van der Waals surface area contributed by atoms with E-state index in [-0.39, 0.29) is 6.04 Å². The molecule has 236 valence electrons. The van der Waals surface area contributed by atoms with E-state index in [2.05, 4.69) is 180 Å². The Bertz CT molecular complexity index is 2780. The fourth-order valence-electron chi connectivity index (χ4n) is 7.48. The monoisotopic (exact) mass is 657 g/mol. The summed E-state index contributed by atoms with van der Waals surface area (Å²) in [6, 6.07) is 59.1. The van der Waals surface area contributed by atoms with Gasteiger partial charge in [0, 0.05) is 37.1 Å². The second kappa shape index (κ2) is 11.7. The van der Waals surface area contributed by atoms with Crippen molar-refractivity contribution in [2.24, 2.45) is 4.99 Å². The molecule has 0 fully saturated rings. The minimum atomic E-state index is -0.0212. The molecular formula is C46H31N3S. The van der Waals surface area contributed by atoms with E-state index in [1.54, 1.807) is 0 Å². The Hall–Kier alpha value is -6.23. The molecule has 1 aliphatic heterocycles. The highest BCUT2D eigenvalue weighted by atomic mass is 32.1. The Morgan fingerprint density at radius 3 is 2.04 bits per heavy atom. The number of nitrogens with zero attached hydrogens (tertiary/aromatic N) is 2. The average molecular weight is 658 g/mol. The van der Waals surface area contributed by atoms with Gasteiger partial charge in [0.1, 0.15) is 0 Å². The van der Waals surface area contributed by atoms with E-state index >= 15 is 0 Å². The molecule has 9 aromatic rings. The number of rotatable bonds is 4. The third-order valence-electron chi connectivity index (χ3n) is 9.93. The van der Waals surface area contributed by atoms with Crippen LogP contribution in [0.2, 0.25) is 0 Å². The Morgan fingerprint density at radius 2 is 1.16 bits per heavy atom. The lowest BCUT2D eigenvalue weighted by atomic mass is 9.97. The molecule has 7 aromatic carbocycles. The summed E-state index contributed by atoms with van der Waals surface area (Å²) < 4.78 is 4.93. The van der Waals surface area contributed by atoms with Crippen molar-refractivity contribution >= 4 is 59.3 Å². The van der Waals surface area contributed by atoms with Crippen molar-refractivity contribution in [3.05, 3.63) is 182 Å². The fraction of sp³-hybridized carbons (Fsp3) is 0.0217. The molecule has 0 spiro atoms. The van der Waals surface area contributed by atoms with Gasteiger partial charge in [-0.05, 0) is 75.4 Å². The van der Waals surface area contributed by atoms with Gasteiger partial charge in [0.25, 0.3) is 0 Å². The van der Waals surface area contributed by atoms with Crippen LogP contribution in [0.3, 0.4) is 0 Å². The van der Waals surface area contributed by atoms with E-state index < -0.39 is 0 Å². The van der Waals surface area contributed by atoms with Crippen molar-refractivity contribution < 1.29 is 0 Å². The molecule has 0 radical (unpaired) electrons. The van der Waals surface area contributed by atoms with E-state index in [1.807, 2.05) is 17.5 Å². The lowest BCUT2D eigenvalue weighted by Crippen LogP contribution is -2.34. The summed E-state index contributed by atoms with van der Waals surface area (Å²) in [7, 11) is 0. The summed E-state index contributed by atoms with van der Waals surface area (Å²) in [5.41, 5.74) is 10.8. The van der Waals surface area contributed by atoms with Crippen LogP contribution in [0.25, 0.3) is 75.4 Å². The standard InChI is InChI=1S/C46H31N3S/c1-2-10-30(11-3-1)31-20-22-32(23-21-31)33-12-8-13-35(28-33)41-26-27-47-46(48-41)49-42-18-6-4-14-37(42)40-29-34(24-25-43(40)49)36-16-9-17-39-38-15-5-7-19-44(38)50-45(36)39/h1-29,41H,(H,47,48). The van der Waals surface area contributed by atoms with Crippen molar-refractivity contribution in [3.8, 4) is 33.4 Å². The van der Waals surface area contributed by atoms with Crippen LogP contribution in [0, 0.1) is 0 Å². The minimum absolute atomic E-state index is 0.0212. The first kappa shape index (κ1) is 28.8. The number of hydrogen-bond donors (Lipinski definition) is 1. The van der Waals surface area contributed by atoms with E-state index in [0.717, 1.165) is 17.0 Å². The lowest BCUT2D eigenvalue weighted by Gasteiger charge is -2.23. The molecule has 1 aliphatic rings. The molecule has 4 heteroatoms. The van der Waals surface area contributed by atoms with Crippen molar-refractivity contribution in [2.75, 3.05) is 0 Å². The highest BCUT2D eigenvalue weighted by Crippen LogP contribution is 2.41. The van der Waals surface area contributed by atoms with Crippen molar-refractivity contribution in [2.45, 2.75) is 6.04 Å². The molecule has 0 aliphatic carbocycles. The zero-order valence-corrected chi connectivity index (χ0v) is 27.9. The molecule has 2 aromatic heterocycles. The maximum Gasteiger partial charge on any atom is 0.208 e. The summed E-state index contributed by atoms with van der Waals surface area (Å²) in [4.78, 5) is 4.90. The van der Waals surface area contributed by atoms with Gasteiger partial charge in [-0.1, -0.05) is 133 Å². The second-order valence-electron chi connectivity index (χ2n) is 12.9. The number of hydrogen-bond acceptors (Lipinski definition) is 3. The largest absolute Gasteiger partial charge is 0.345 e. The molecule has 0 saturated carbocycles. The maximum atomic E-state index is 4.90. The van der Waals surface area contributed by atoms with Crippen LogP contribution >= 0.6 is 11.3 Å². The van der Waals surface area contributed by atoms with Crippen molar-refractivity contribution in [1.29, 1.82) is 0 Å². The third-order valence-corrected chi connectivity index (χ3v) is 11.2. The van der Waals surface area contributed by atoms with Gasteiger partial charge in [-0.25, -0.2) is 4.99 Å². The SMILES string of the molecule is C1=CC(c2cccc(-c3ccc(-c4ccccc4)cc3)c2)NC(n2c3ccccc3c3cc(-c4cccc5c4sc4ccccc45)ccc32)=N1. The van der Waals surface area contributed by atoms with Crippen LogP contribution in [-0.4, -0.2) is 10.5 Å². The van der Waals surface area contributed by atoms with E-state index in [0.29, 0.717) is 0 Å². The van der Waals surface area contributed by atoms with Crippen LogP contribution in [0.1, 0.15) is 11.6 Å². The summed E-state index contributed by atoms with van der Waals surface area (Å²) in [6.45, 7) is 0. The molecule has 1 atom stereocenters. The molecule has 3 heterocycles. The summed E-state index contributed by atoms with van der Waals surface area (Å²) in [5.74, 6) is 0.820. The average Bonchev–Trinajstić information content (AvgIpc) is 3.74. The minimum Gasteiger partial charge on any atom is -0.345 e. The molecule has 1 unspecified atom stereocenters. The zero-order chi connectivity index (χ0) is 33.0. The van der Waals surface area contributed by atoms with E-state index in [9.17, 15) is 0 Å². The summed E-state index contributed by atoms with van der Waals surface area (Å²) in [6.07, 6.45) is 4.08. The van der Waals surface area contributed by atoms with Crippen LogP contribution in [0.4, 0.5) is 0 Å². The third kappa shape index (κ3) is 4.76. The van der Waals surface area contributed by atoms with Crippen LogP contribution in [0.5, 0.6) is 0 Å². The van der Waals surface area contributed by atoms with Gasteiger partial charge in [-0.2, -0.15) is 0 Å². The highest BCUT2D eigenvalue weighted by molar-refractivity contribution is 7.26. The van der Waals surface area contributed by atoms with Gasteiger partial charge in [0.2, 0.25) is 5.96 Å². The first-order valence-corrected chi connectivity index (χ1v) is 17.8. The number of nitrogens with one attached hydrogen (secondary N) is 1. The van der Waals surface area contributed by atoms with E-state index in [1.165, 1.54) is 69.9 Å². The topological polar surface area (TPSA) is 29.3 Å². The Labute approximate surface area is 294 Å². The predicted octanol–water partition coefficient (Wildman–Crippen LogP) is 12.2. The molecule has 0 amide bonds. The van der Waals surface area contributed by atoms with Gasteiger partial charge >= 0.3 is 0 Å². The molecule has 0 saturated heterocycles. The predicted molar refractivity (Wildman–Crippen MR) is 213 cm³/mol. The number of fused-ring (bicyclic) bond motifs is 6. The van der Waals surface area contributed by atoms with Gasteiger partial charge in [0.05, 0.1) is 17.1 Å². The summed E-state index contributed by atoms with van der Waals surface area (Å²) in [5, 5.41) is 8.85. The fourth-order valence-corrected chi connectivity index (χ4v) is 8.72. The number of benzene rings is 7. The number of thiophene rings is 1. The molecule has 1 N–H and O–H groups in total. The van der Waals surface area contributed by atoms with Crippen molar-refractivity contribution in [3.63, 3.8) is 0 Å². The first-order valence-electron chi connectivity index (χ1n) is 17.0. The van der Waals surface area contributed by atoms with Gasteiger partial charge < -0.3 is 5.32 Å². The lowest BCUT2D eigenvalue weighted by molar-refractivity contribution is 0.756. The van der Waals surface area contributed by atoms with Crippen molar-refractivity contribution in [1.82, 2.24) is 9.88 Å².